The predicted octanol–water partition coefficient (Wildman–Crippen LogP) is 7.74. The summed E-state index contributed by atoms with van der Waals surface area (Å²) in [4.78, 5) is 18.1. The van der Waals surface area contributed by atoms with Crippen molar-refractivity contribution in [3.8, 4) is 16.9 Å². The van der Waals surface area contributed by atoms with Gasteiger partial charge in [0.15, 0.2) is 0 Å². The van der Waals surface area contributed by atoms with Gasteiger partial charge in [0, 0.05) is 75.0 Å². The van der Waals surface area contributed by atoms with E-state index in [2.05, 4.69) is 110 Å². The first-order chi connectivity index (χ1) is 24.0. The molecule has 0 aliphatic carbocycles. The second-order valence-corrected chi connectivity index (χ2v) is 13.3. The fourth-order valence-corrected chi connectivity index (χ4v) is 6.64. The van der Waals surface area contributed by atoms with Crippen LogP contribution in [-0.4, -0.2) is 58.8 Å². The van der Waals surface area contributed by atoms with Gasteiger partial charge in [-0.15, -0.1) is 0 Å². The number of nitrogens with one attached hydrogen (secondary N) is 1. The first-order valence-corrected chi connectivity index (χ1v) is 17.6. The third-order valence-electron chi connectivity index (χ3n) is 8.36. The molecule has 0 saturated carbocycles. The van der Waals surface area contributed by atoms with Gasteiger partial charge in [0.25, 0.3) is 0 Å². The number of aromatic hydroxyl groups is 1. The minimum atomic E-state index is 0.135. The molecule has 2 aromatic carbocycles. The molecule has 248 valence electrons. The Morgan fingerprint density at radius 2 is 1.55 bits per heavy atom. The third kappa shape index (κ3) is 9.81. The predicted molar refractivity (Wildman–Crippen MR) is 208 cm³/mol. The van der Waals surface area contributed by atoms with E-state index in [0.717, 1.165) is 52.4 Å². The minimum Gasteiger partial charge on any atom is -0.507 e. The molecule has 4 aromatic rings. The van der Waals surface area contributed by atoms with Crippen molar-refractivity contribution in [1.82, 2.24) is 28.2 Å². The highest BCUT2D eigenvalue weighted by Gasteiger charge is 2.21. The Kier molecular flexibility index (Phi) is 12.1. The molecule has 0 spiro atoms. The topological polar surface area (TPSA) is 80.1 Å². The van der Waals surface area contributed by atoms with Crippen LogP contribution < -0.4 is 5.32 Å². The van der Waals surface area contributed by atoms with E-state index in [9.17, 15) is 5.11 Å². The normalized spacial score (nSPS) is 15.3. The number of dihydropyridines is 1. The van der Waals surface area contributed by atoms with Gasteiger partial charge in [0.2, 0.25) is 0 Å². The van der Waals surface area contributed by atoms with Crippen LogP contribution in [-0.2, 0) is 26.2 Å². The molecule has 49 heavy (non-hydrogen) atoms. The van der Waals surface area contributed by atoms with Crippen LogP contribution in [0.1, 0.15) is 22.5 Å². The highest BCUT2D eigenvalue weighted by molar-refractivity contribution is 14.1. The summed E-state index contributed by atoms with van der Waals surface area (Å²) in [6.45, 7) is 4.62. The van der Waals surface area contributed by atoms with E-state index < -0.39 is 0 Å². The Morgan fingerprint density at radius 1 is 0.857 bits per heavy atom. The van der Waals surface area contributed by atoms with Gasteiger partial charge < -0.3 is 13.5 Å². The second kappa shape index (κ2) is 17.3. The van der Waals surface area contributed by atoms with Crippen LogP contribution in [0.4, 0.5) is 5.69 Å². The van der Waals surface area contributed by atoms with E-state index in [1.54, 1.807) is 0 Å². The number of hydrogen-bond donors (Lipinski definition) is 2. The molecule has 6 rings (SSSR count). The maximum Gasteiger partial charge on any atom is 0.124 e. The highest BCUT2D eigenvalue weighted by Crippen LogP contribution is 2.34. The molecular weight excluding hydrogens is 741 g/mol. The van der Waals surface area contributed by atoms with Crippen molar-refractivity contribution in [3.63, 3.8) is 0 Å². The third-order valence-corrected chi connectivity index (χ3v) is 9.46. The van der Waals surface area contributed by atoms with Gasteiger partial charge in [-0.2, -0.15) is 4.99 Å². The molecule has 4 heterocycles. The molecule has 2 aliphatic rings. The van der Waals surface area contributed by atoms with Crippen molar-refractivity contribution in [2.45, 2.75) is 32.2 Å². The van der Waals surface area contributed by atoms with Gasteiger partial charge in [0.1, 0.15) is 5.75 Å². The average Bonchev–Trinajstić information content (AvgIpc) is 3.12. The molecule has 1 unspecified atom stereocenters. The smallest absolute Gasteiger partial charge is 0.124 e. The number of halogens is 1. The van der Waals surface area contributed by atoms with Crippen LogP contribution in [0, 0.1) is 0 Å². The van der Waals surface area contributed by atoms with E-state index in [1.807, 2.05) is 79.3 Å². The van der Waals surface area contributed by atoms with Crippen LogP contribution in [0.15, 0.2) is 139 Å². The van der Waals surface area contributed by atoms with E-state index in [4.69, 9.17) is 12.2 Å². The largest absolute Gasteiger partial charge is 0.507 e. The summed E-state index contributed by atoms with van der Waals surface area (Å²) in [6, 6.07) is 24.3. The molecule has 8 nitrogen and oxygen atoms in total. The molecule has 0 bridgehead atoms. The maximum absolute atomic E-state index is 12.1. The number of benzene rings is 2. The molecular formula is C39H38IN7OS. The van der Waals surface area contributed by atoms with Gasteiger partial charge in [0.05, 0.1) is 51.1 Å². The Balaban J connectivity index is 1.37. The number of pyridine rings is 2. The molecule has 2 aromatic heterocycles. The lowest BCUT2D eigenvalue weighted by atomic mass is 9.97. The lowest BCUT2D eigenvalue weighted by molar-refractivity contribution is 0.236. The van der Waals surface area contributed by atoms with Gasteiger partial charge in [-0.3, -0.25) is 19.8 Å². The lowest BCUT2D eigenvalue weighted by Gasteiger charge is -2.30. The summed E-state index contributed by atoms with van der Waals surface area (Å²) >= 11 is 7.19. The molecule has 0 radical (unpaired) electrons. The van der Waals surface area contributed by atoms with Gasteiger partial charge in [-0.05, 0) is 90.2 Å². The number of rotatable bonds is 14. The zero-order valence-corrected chi connectivity index (χ0v) is 30.0. The van der Waals surface area contributed by atoms with Crippen LogP contribution in [0.3, 0.4) is 0 Å². The van der Waals surface area contributed by atoms with Gasteiger partial charge in [-0.1, -0.05) is 48.6 Å². The number of nitrogens with zero attached hydrogens (tertiary/aromatic N) is 6. The lowest BCUT2D eigenvalue weighted by Crippen LogP contribution is -2.38. The number of hydrogen-bond acceptors (Lipinski definition) is 9. The quantitative estimate of drug-likeness (QED) is 0.0583. The minimum absolute atomic E-state index is 0.135. The van der Waals surface area contributed by atoms with Crippen molar-refractivity contribution >= 4 is 45.9 Å². The van der Waals surface area contributed by atoms with Crippen LogP contribution >= 0.6 is 35.1 Å². The summed E-state index contributed by atoms with van der Waals surface area (Å²) in [7, 11) is 0. The van der Waals surface area contributed by atoms with Crippen molar-refractivity contribution in [1.29, 1.82) is 0 Å². The maximum atomic E-state index is 12.1. The summed E-state index contributed by atoms with van der Waals surface area (Å²) in [6.07, 6.45) is 18.3. The number of aromatic nitrogens is 2. The number of isothiocyanates is 1. The molecule has 2 N–H and O–H groups in total. The number of allylic oxidation sites excluding steroid dienone is 4. The zero-order chi connectivity index (χ0) is 33.8. The van der Waals surface area contributed by atoms with Crippen molar-refractivity contribution in [2.24, 2.45) is 4.99 Å². The molecule has 0 saturated heterocycles. The van der Waals surface area contributed by atoms with Crippen LogP contribution in [0.2, 0.25) is 0 Å². The summed E-state index contributed by atoms with van der Waals surface area (Å²) in [5.41, 5.74) is 7.66. The molecule has 0 amide bonds. The number of phenolic OH excluding ortho intramolecular Hbond substituents is 1. The Labute approximate surface area is 307 Å². The van der Waals surface area contributed by atoms with Crippen LogP contribution in [0.25, 0.3) is 11.1 Å². The Morgan fingerprint density at radius 3 is 2.16 bits per heavy atom. The Bertz CT molecular complexity index is 1870. The first kappa shape index (κ1) is 34.4. The van der Waals surface area contributed by atoms with E-state index in [1.165, 1.54) is 5.70 Å². The van der Waals surface area contributed by atoms with Gasteiger partial charge in [-0.25, -0.2) is 0 Å². The molecule has 0 fully saturated rings. The Hall–Kier alpha value is -4.45. The van der Waals surface area contributed by atoms with Gasteiger partial charge >= 0.3 is 0 Å². The number of phenols is 1. The van der Waals surface area contributed by atoms with E-state index in [0.29, 0.717) is 38.5 Å². The summed E-state index contributed by atoms with van der Waals surface area (Å²) in [5.74, 6) is 0.304. The van der Waals surface area contributed by atoms with E-state index >= 15 is 0 Å². The second-order valence-electron chi connectivity index (χ2n) is 12.0. The van der Waals surface area contributed by atoms with Crippen LogP contribution in [0.5, 0.6) is 5.75 Å². The monoisotopic (exact) mass is 779 g/mol. The standard InChI is InChI=1S/C39H38IN7OS/c40-47-20-8-4-12-38(47)28-46(27-37-11-3-7-19-43-37)24-33-22-31(30-13-15-34(16-14-30)44-29-49)21-32(39(33)48)23-45(25-35-9-1-5-17-41-35)26-36-10-2-6-18-42-36/h1-19,21-22,35,41,48H,20,23-28H2. The fourth-order valence-electron chi connectivity index (χ4n) is 5.99. The van der Waals surface area contributed by atoms with Crippen molar-refractivity contribution < 1.29 is 5.11 Å². The summed E-state index contributed by atoms with van der Waals surface area (Å²) < 4.78 is 2.23. The molecule has 10 heteroatoms. The van der Waals surface area contributed by atoms with Crippen molar-refractivity contribution in [2.75, 3.05) is 19.6 Å². The molecule has 1 atom stereocenters. The average molecular weight is 780 g/mol. The number of thiocarbonyl (C=S) groups is 1. The zero-order valence-electron chi connectivity index (χ0n) is 27.1. The van der Waals surface area contributed by atoms with E-state index in [-0.39, 0.29) is 6.04 Å². The first-order valence-electron chi connectivity index (χ1n) is 16.2. The molecule has 2 aliphatic heterocycles. The number of aliphatic imine (C=N–C) groups is 1. The SMILES string of the molecule is Oc1c(CN(CC2=CC=CCN2I)Cc2ccccn2)cc(-c2ccc(N=C=S)cc2)cc1CN(Cc1ccccn1)CC1C=CC=CN1. The fraction of sp³-hybridized carbons (Fsp3) is 0.205. The highest BCUT2D eigenvalue weighted by atomic mass is 127. The van der Waals surface area contributed by atoms with Crippen molar-refractivity contribution in [3.05, 3.63) is 156 Å². The summed E-state index contributed by atoms with van der Waals surface area (Å²) in [5, 5.41) is 18.0.